The largest absolute Gasteiger partial charge is 0.504 e. The molecule has 0 saturated carbocycles. The fraction of sp³-hybridized carbons (Fsp3) is 0.188. The van der Waals surface area contributed by atoms with Crippen molar-refractivity contribution in [3.05, 3.63) is 42.5 Å². The molecule has 0 aliphatic heterocycles. The van der Waals surface area contributed by atoms with Crippen molar-refractivity contribution in [2.24, 2.45) is 0 Å². The van der Waals surface area contributed by atoms with Crippen molar-refractivity contribution in [2.75, 3.05) is 13.7 Å². The monoisotopic (exact) mass is 284 g/mol. The molecule has 1 aromatic heterocycles. The van der Waals surface area contributed by atoms with Crippen LogP contribution in [0, 0.1) is 0 Å². The van der Waals surface area contributed by atoms with Gasteiger partial charge < -0.3 is 19.5 Å². The number of methoxy groups -OCH3 is 1. The van der Waals surface area contributed by atoms with Crippen molar-refractivity contribution in [1.82, 2.24) is 9.55 Å². The number of aliphatic hydroxyl groups excluding tert-OH is 1. The first-order valence-electron chi connectivity index (χ1n) is 6.68. The zero-order valence-electron chi connectivity index (χ0n) is 11.7. The van der Waals surface area contributed by atoms with E-state index in [1.54, 1.807) is 18.2 Å². The molecule has 21 heavy (non-hydrogen) atoms. The third-order valence-electron chi connectivity index (χ3n) is 3.44. The fourth-order valence-electron chi connectivity index (χ4n) is 2.47. The summed E-state index contributed by atoms with van der Waals surface area (Å²) < 4.78 is 7.04. The molecule has 0 fully saturated rings. The number of aromatic nitrogens is 2. The quantitative estimate of drug-likeness (QED) is 0.772. The van der Waals surface area contributed by atoms with Crippen LogP contribution in [-0.4, -0.2) is 33.5 Å². The second-order valence-electron chi connectivity index (χ2n) is 4.66. The van der Waals surface area contributed by atoms with Crippen molar-refractivity contribution in [1.29, 1.82) is 0 Å². The van der Waals surface area contributed by atoms with Crippen molar-refractivity contribution < 1.29 is 14.9 Å². The minimum absolute atomic E-state index is 0.00190. The van der Waals surface area contributed by atoms with Crippen LogP contribution >= 0.6 is 0 Å². The number of fused-ring (bicyclic) bond motifs is 1. The lowest BCUT2D eigenvalue weighted by Crippen LogP contribution is -2.04. The molecule has 0 aliphatic carbocycles. The lowest BCUT2D eigenvalue weighted by atomic mass is 10.1. The standard InChI is InChI=1S/C16H16N2O3/c1-21-14-8-4-5-11(15(14)20)16-17-12-6-2-3-7-13(12)18(16)9-10-19/h2-8,19-20H,9-10H2,1H3. The molecule has 1 heterocycles. The molecule has 0 atom stereocenters. The number of nitrogens with zero attached hydrogens (tertiary/aromatic N) is 2. The first-order chi connectivity index (χ1) is 10.3. The summed E-state index contributed by atoms with van der Waals surface area (Å²) in [4.78, 5) is 4.57. The van der Waals surface area contributed by atoms with Gasteiger partial charge in [-0.05, 0) is 24.3 Å². The number of rotatable bonds is 4. The Balaban J connectivity index is 2.27. The summed E-state index contributed by atoms with van der Waals surface area (Å²) in [6.45, 7) is 0.407. The van der Waals surface area contributed by atoms with Gasteiger partial charge in [-0.15, -0.1) is 0 Å². The Morgan fingerprint density at radius 3 is 2.71 bits per heavy atom. The lowest BCUT2D eigenvalue weighted by molar-refractivity contribution is 0.278. The molecule has 3 aromatic rings. The highest BCUT2D eigenvalue weighted by Crippen LogP contribution is 2.37. The number of aliphatic hydroxyl groups is 1. The van der Waals surface area contributed by atoms with Crippen molar-refractivity contribution in [3.63, 3.8) is 0 Å². The molecular weight excluding hydrogens is 268 g/mol. The maximum Gasteiger partial charge on any atom is 0.168 e. The number of phenolic OH excluding ortho intramolecular Hbond substituents is 1. The van der Waals surface area contributed by atoms with E-state index >= 15 is 0 Å². The molecule has 2 N–H and O–H groups in total. The number of hydrogen-bond acceptors (Lipinski definition) is 4. The van der Waals surface area contributed by atoms with Gasteiger partial charge in [0.05, 0.1) is 30.3 Å². The number of aromatic hydroxyl groups is 1. The number of hydrogen-bond donors (Lipinski definition) is 2. The van der Waals surface area contributed by atoms with Crippen LogP contribution in [0.3, 0.4) is 0 Å². The number of ether oxygens (including phenoxy) is 1. The Labute approximate surface area is 122 Å². The van der Waals surface area contributed by atoms with Gasteiger partial charge in [0, 0.05) is 6.54 Å². The zero-order chi connectivity index (χ0) is 14.8. The first kappa shape index (κ1) is 13.5. The van der Waals surface area contributed by atoms with Crippen LogP contribution in [0.2, 0.25) is 0 Å². The SMILES string of the molecule is COc1cccc(-c2nc3ccccc3n2CCO)c1O. The van der Waals surface area contributed by atoms with E-state index in [2.05, 4.69) is 4.98 Å². The minimum atomic E-state index is -0.00190. The predicted molar refractivity (Wildman–Crippen MR) is 80.5 cm³/mol. The van der Waals surface area contributed by atoms with Crippen LogP contribution in [-0.2, 0) is 6.54 Å². The Morgan fingerprint density at radius 1 is 1.14 bits per heavy atom. The second kappa shape index (κ2) is 5.46. The minimum Gasteiger partial charge on any atom is -0.504 e. The van der Waals surface area contributed by atoms with E-state index in [0.29, 0.717) is 23.7 Å². The van der Waals surface area contributed by atoms with E-state index < -0.39 is 0 Å². The van der Waals surface area contributed by atoms with Gasteiger partial charge in [-0.2, -0.15) is 0 Å². The molecule has 0 radical (unpaired) electrons. The van der Waals surface area contributed by atoms with Gasteiger partial charge in [0.2, 0.25) is 0 Å². The van der Waals surface area contributed by atoms with Crippen LogP contribution in [0.15, 0.2) is 42.5 Å². The fourth-order valence-corrected chi connectivity index (χ4v) is 2.47. The molecule has 3 rings (SSSR count). The maximum absolute atomic E-state index is 10.3. The van der Waals surface area contributed by atoms with Gasteiger partial charge >= 0.3 is 0 Å². The summed E-state index contributed by atoms with van der Waals surface area (Å²) in [6.07, 6.45) is 0. The molecule has 0 unspecified atom stereocenters. The Morgan fingerprint density at radius 2 is 1.95 bits per heavy atom. The average molecular weight is 284 g/mol. The summed E-state index contributed by atoms with van der Waals surface area (Å²) in [7, 11) is 1.51. The van der Waals surface area contributed by atoms with Gasteiger partial charge in [0.15, 0.2) is 11.5 Å². The summed E-state index contributed by atoms with van der Waals surface area (Å²) in [5, 5.41) is 19.6. The van der Waals surface area contributed by atoms with Crippen molar-refractivity contribution >= 4 is 11.0 Å². The van der Waals surface area contributed by atoms with E-state index in [4.69, 9.17) is 4.74 Å². The second-order valence-corrected chi connectivity index (χ2v) is 4.66. The third-order valence-corrected chi connectivity index (χ3v) is 3.44. The highest BCUT2D eigenvalue weighted by Gasteiger charge is 2.17. The molecule has 0 bridgehead atoms. The summed E-state index contributed by atoms with van der Waals surface area (Å²) in [5.74, 6) is 1.06. The molecule has 0 saturated heterocycles. The van der Waals surface area contributed by atoms with E-state index in [1.165, 1.54) is 7.11 Å². The van der Waals surface area contributed by atoms with Crippen LogP contribution in [0.1, 0.15) is 0 Å². The van der Waals surface area contributed by atoms with E-state index in [0.717, 1.165) is 11.0 Å². The Bertz CT molecular complexity index is 780. The summed E-state index contributed by atoms with van der Waals surface area (Å²) in [6, 6.07) is 13.0. The smallest absolute Gasteiger partial charge is 0.168 e. The van der Waals surface area contributed by atoms with Gasteiger partial charge in [0.25, 0.3) is 0 Å². The van der Waals surface area contributed by atoms with Gasteiger partial charge in [-0.25, -0.2) is 4.98 Å². The van der Waals surface area contributed by atoms with E-state index in [1.807, 2.05) is 28.8 Å². The topological polar surface area (TPSA) is 67.5 Å². The number of benzene rings is 2. The maximum atomic E-state index is 10.3. The molecule has 108 valence electrons. The molecular formula is C16H16N2O3. The lowest BCUT2D eigenvalue weighted by Gasteiger charge is -2.11. The van der Waals surface area contributed by atoms with Crippen LogP contribution in [0.25, 0.3) is 22.4 Å². The molecule has 5 heteroatoms. The predicted octanol–water partition coefficient (Wildman–Crippen LogP) is 2.41. The van der Waals surface area contributed by atoms with Gasteiger partial charge in [0.1, 0.15) is 5.82 Å². The third kappa shape index (κ3) is 2.21. The van der Waals surface area contributed by atoms with Crippen LogP contribution in [0.5, 0.6) is 11.5 Å². The summed E-state index contributed by atoms with van der Waals surface area (Å²) >= 11 is 0. The Kier molecular flexibility index (Phi) is 3.50. The van der Waals surface area contributed by atoms with E-state index in [-0.39, 0.29) is 12.4 Å². The number of imidazole rings is 1. The first-order valence-corrected chi connectivity index (χ1v) is 6.68. The molecule has 5 nitrogen and oxygen atoms in total. The Hall–Kier alpha value is -2.53. The zero-order valence-corrected chi connectivity index (χ0v) is 11.7. The highest BCUT2D eigenvalue weighted by atomic mass is 16.5. The molecule has 2 aromatic carbocycles. The summed E-state index contributed by atoms with van der Waals surface area (Å²) in [5.41, 5.74) is 2.32. The van der Waals surface area contributed by atoms with Gasteiger partial charge in [-0.1, -0.05) is 18.2 Å². The number of phenols is 1. The molecule has 0 amide bonds. The van der Waals surface area contributed by atoms with Crippen LogP contribution < -0.4 is 4.74 Å². The van der Waals surface area contributed by atoms with Gasteiger partial charge in [-0.3, -0.25) is 0 Å². The molecule has 0 aliphatic rings. The van der Waals surface area contributed by atoms with E-state index in [9.17, 15) is 10.2 Å². The van der Waals surface area contributed by atoms with Crippen molar-refractivity contribution in [3.8, 4) is 22.9 Å². The van der Waals surface area contributed by atoms with Crippen molar-refractivity contribution in [2.45, 2.75) is 6.54 Å². The highest BCUT2D eigenvalue weighted by molar-refractivity contribution is 5.82. The average Bonchev–Trinajstić information content (AvgIpc) is 2.87. The van der Waals surface area contributed by atoms with Crippen LogP contribution in [0.4, 0.5) is 0 Å². The number of para-hydroxylation sites is 3. The normalized spacial score (nSPS) is 11.0. The molecule has 0 spiro atoms.